The van der Waals surface area contributed by atoms with Crippen molar-refractivity contribution < 1.29 is 19.5 Å². The number of hydrogen-bond donors (Lipinski definition) is 1. The van der Waals surface area contributed by atoms with Crippen LogP contribution < -0.4 is 0 Å². The van der Waals surface area contributed by atoms with Gasteiger partial charge in [0.25, 0.3) is 0 Å². The summed E-state index contributed by atoms with van der Waals surface area (Å²) in [4.78, 5) is 27.3. The standard InChI is InChI=1S/C12H13ClO2.CO2/c1-8-2-4-9(5-3-8)10-6-12(10,7-13)11(14)15;2-1-3/h2-5,10H,6-7H2,1H3,(H,14,15);/t10-,12+;/m1./s1. The zero-order chi connectivity index (χ0) is 13.8. The molecule has 18 heavy (non-hydrogen) atoms. The maximum absolute atomic E-state index is 11.1. The van der Waals surface area contributed by atoms with Gasteiger partial charge in [-0.3, -0.25) is 4.79 Å². The van der Waals surface area contributed by atoms with Gasteiger partial charge in [-0.15, -0.1) is 11.6 Å². The van der Waals surface area contributed by atoms with Gasteiger partial charge in [0, 0.05) is 11.8 Å². The normalized spacial score (nSPS) is 24.4. The molecular formula is C13H13ClO4. The Bertz CT molecular complexity index is 462. The quantitative estimate of drug-likeness (QED) is 0.853. The van der Waals surface area contributed by atoms with Gasteiger partial charge in [-0.05, 0) is 18.9 Å². The molecule has 0 aromatic heterocycles. The summed E-state index contributed by atoms with van der Waals surface area (Å²) in [5, 5.41) is 9.11. The van der Waals surface area contributed by atoms with Crippen LogP contribution in [0.2, 0.25) is 0 Å². The molecule has 96 valence electrons. The number of aliphatic carboxylic acids is 1. The minimum absolute atomic E-state index is 0.0908. The Hall–Kier alpha value is -1.64. The summed E-state index contributed by atoms with van der Waals surface area (Å²) in [6.45, 7) is 2.02. The van der Waals surface area contributed by atoms with Crippen molar-refractivity contribution in [1.82, 2.24) is 0 Å². The first kappa shape index (κ1) is 14.4. The van der Waals surface area contributed by atoms with E-state index in [9.17, 15) is 4.79 Å². The average molecular weight is 269 g/mol. The highest BCUT2D eigenvalue weighted by Crippen LogP contribution is 2.60. The van der Waals surface area contributed by atoms with Crippen LogP contribution in [0.4, 0.5) is 0 Å². The van der Waals surface area contributed by atoms with E-state index in [0.717, 1.165) is 5.56 Å². The molecule has 1 fully saturated rings. The molecule has 0 aliphatic heterocycles. The number of alkyl halides is 1. The van der Waals surface area contributed by atoms with Crippen molar-refractivity contribution in [1.29, 1.82) is 0 Å². The van der Waals surface area contributed by atoms with E-state index >= 15 is 0 Å². The molecule has 5 heteroatoms. The van der Waals surface area contributed by atoms with Crippen molar-refractivity contribution in [3.63, 3.8) is 0 Å². The van der Waals surface area contributed by atoms with E-state index in [1.165, 1.54) is 5.56 Å². The van der Waals surface area contributed by atoms with Crippen molar-refractivity contribution in [2.45, 2.75) is 19.3 Å². The SMILES string of the molecule is Cc1ccc([C@H]2C[C@@]2(CCl)C(=O)O)cc1.O=C=O. The van der Waals surface area contributed by atoms with E-state index < -0.39 is 11.4 Å². The van der Waals surface area contributed by atoms with Crippen molar-refractivity contribution in [3.8, 4) is 0 Å². The lowest BCUT2D eigenvalue weighted by molar-refractivity contribution is -0.191. The molecule has 0 unspecified atom stereocenters. The first-order valence-corrected chi connectivity index (χ1v) is 5.90. The van der Waals surface area contributed by atoms with E-state index in [1.807, 2.05) is 31.2 Å². The summed E-state index contributed by atoms with van der Waals surface area (Å²) >= 11 is 5.75. The third-order valence-corrected chi connectivity index (χ3v) is 3.70. The minimum Gasteiger partial charge on any atom is -0.481 e. The Morgan fingerprint density at radius 2 is 1.94 bits per heavy atom. The molecule has 4 nitrogen and oxygen atoms in total. The molecule has 0 heterocycles. The fraction of sp³-hybridized carbons (Fsp3) is 0.385. The molecule has 2 atom stereocenters. The zero-order valence-electron chi connectivity index (χ0n) is 9.85. The number of halogens is 1. The molecule has 1 aliphatic carbocycles. The summed E-state index contributed by atoms with van der Waals surface area (Å²) < 4.78 is 0. The van der Waals surface area contributed by atoms with Gasteiger partial charge < -0.3 is 5.11 Å². The van der Waals surface area contributed by atoms with Crippen LogP contribution in [0.3, 0.4) is 0 Å². The molecule has 1 saturated carbocycles. The average Bonchev–Trinajstić information content (AvgIpc) is 3.07. The van der Waals surface area contributed by atoms with Gasteiger partial charge in [-0.2, -0.15) is 9.59 Å². The number of carboxylic acids is 1. The smallest absolute Gasteiger partial charge is 0.373 e. The Kier molecular flexibility index (Phi) is 4.65. The second-order valence-corrected chi connectivity index (χ2v) is 4.61. The summed E-state index contributed by atoms with van der Waals surface area (Å²) in [6.07, 6.45) is 0.912. The number of aryl methyl sites for hydroxylation is 1. The summed E-state index contributed by atoms with van der Waals surface area (Å²) in [5.41, 5.74) is 1.56. The summed E-state index contributed by atoms with van der Waals surface area (Å²) in [6, 6.07) is 8.01. The number of carbonyl (C=O) groups excluding carboxylic acids is 2. The highest BCUT2D eigenvalue weighted by Gasteiger charge is 2.60. The summed E-state index contributed by atoms with van der Waals surface area (Å²) in [5.74, 6) is -0.489. The second kappa shape index (κ2) is 5.80. The maximum Gasteiger partial charge on any atom is 0.373 e. The Morgan fingerprint density at radius 3 is 2.28 bits per heavy atom. The van der Waals surface area contributed by atoms with Gasteiger partial charge in [0.2, 0.25) is 0 Å². The van der Waals surface area contributed by atoms with E-state index in [0.29, 0.717) is 6.42 Å². The largest absolute Gasteiger partial charge is 0.481 e. The van der Waals surface area contributed by atoms with Gasteiger partial charge in [-0.25, -0.2) is 0 Å². The number of benzene rings is 1. The van der Waals surface area contributed by atoms with Crippen molar-refractivity contribution in [3.05, 3.63) is 35.4 Å². The number of hydrogen-bond acceptors (Lipinski definition) is 3. The second-order valence-electron chi connectivity index (χ2n) is 4.35. The van der Waals surface area contributed by atoms with Crippen LogP contribution in [0.25, 0.3) is 0 Å². The molecular weight excluding hydrogens is 256 g/mol. The number of carbonyl (C=O) groups is 1. The minimum atomic E-state index is -0.775. The highest BCUT2D eigenvalue weighted by atomic mass is 35.5. The van der Waals surface area contributed by atoms with Crippen LogP contribution in [0.15, 0.2) is 24.3 Å². The lowest BCUT2D eigenvalue weighted by Gasteiger charge is -2.08. The van der Waals surface area contributed by atoms with E-state index in [1.54, 1.807) is 0 Å². The van der Waals surface area contributed by atoms with Crippen molar-refractivity contribution >= 4 is 23.7 Å². The Balaban J connectivity index is 0.000000492. The summed E-state index contributed by atoms with van der Waals surface area (Å²) in [7, 11) is 0. The van der Waals surface area contributed by atoms with Gasteiger partial charge in [0.1, 0.15) is 0 Å². The molecule has 0 spiro atoms. The third kappa shape index (κ3) is 2.78. The Labute approximate surface area is 110 Å². The molecule has 2 rings (SSSR count). The van der Waals surface area contributed by atoms with Gasteiger partial charge in [-0.1, -0.05) is 29.8 Å². The predicted octanol–water partition coefficient (Wildman–Crippen LogP) is 2.21. The third-order valence-electron chi connectivity index (χ3n) is 3.22. The Morgan fingerprint density at radius 1 is 1.44 bits per heavy atom. The molecule has 0 saturated heterocycles. The fourth-order valence-corrected chi connectivity index (χ4v) is 2.39. The molecule has 1 aliphatic rings. The van der Waals surface area contributed by atoms with Crippen LogP contribution in [0.5, 0.6) is 0 Å². The first-order valence-electron chi connectivity index (χ1n) is 5.37. The van der Waals surface area contributed by atoms with Crippen LogP contribution in [-0.2, 0) is 14.4 Å². The van der Waals surface area contributed by atoms with E-state index in [4.69, 9.17) is 26.3 Å². The number of rotatable bonds is 3. The molecule has 0 bridgehead atoms. The van der Waals surface area contributed by atoms with Crippen molar-refractivity contribution in [2.75, 3.05) is 5.88 Å². The lowest BCUT2D eigenvalue weighted by Crippen LogP contribution is -2.18. The molecule has 1 N–H and O–H groups in total. The molecule has 0 amide bonds. The fourth-order valence-electron chi connectivity index (χ4n) is 1.98. The van der Waals surface area contributed by atoms with Crippen LogP contribution in [0.1, 0.15) is 23.5 Å². The van der Waals surface area contributed by atoms with Gasteiger partial charge >= 0.3 is 12.1 Å². The van der Waals surface area contributed by atoms with Crippen LogP contribution >= 0.6 is 11.6 Å². The molecule has 1 aromatic rings. The molecule has 1 aromatic carbocycles. The molecule has 0 radical (unpaired) electrons. The van der Waals surface area contributed by atoms with Gasteiger partial charge in [0.05, 0.1) is 5.41 Å². The van der Waals surface area contributed by atoms with Crippen LogP contribution in [-0.4, -0.2) is 23.1 Å². The first-order chi connectivity index (χ1) is 8.51. The van der Waals surface area contributed by atoms with Crippen molar-refractivity contribution in [2.24, 2.45) is 5.41 Å². The van der Waals surface area contributed by atoms with E-state index in [2.05, 4.69) is 0 Å². The topological polar surface area (TPSA) is 71.4 Å². The van der Waals surface area contributed by atoms with Gasteiger partial charge in [0.15, 0.2) is 0 Å². The van der Waals surface area contributed by atoms with E-state index in [-0.39, 0.29) is 17.9 Å². The lowest BCUT2D eigenvalue weighted by atomic mass is 10.0. The number of carboxylic acid groups (broad SMARTS) is 1. The van der Waals surface area contributed by atoms with Crippen LogP contribution in [0, 0.1) is 12.3 Å². The predicted molar refractivity (Wildman–Crippen MR) is 64.3 cm³/mol. The maximum atomic E-state index is 11.1. The zero-order valence-corrected chi connectivity index (χ0v) is 10.6. The highest BCUT2D eigenvalue weighted by molar-refractivity contribution is 6.20. The monoisotopic (exact) mass is 268 g/mol.